The summed E-state index contributed by atoms with van der Waals surface area (Å²) in [6.07, 6.45) is 1.87. The van der Waals surface area contributed by atoms with Crippen molar-refractivity contribution in [3.63, 3.8) is 0 Å². The van der Waals surface area contributed by atoms with Crippen LogP contribution in [0.3, 0.4) is 0 Å². The van der Waals surface area contributed by atoms with E-state index >= 15 is 0 Å². The van der Waals surface area contributed by atoms with Crippen LogP contribution in [0.4, 0.5) is 0 Å². The van der Waals surface area contributed by atoms with Gasteiger partial charge in [-0.3, -0.25) is 4.79 Å². The van der Waals surface area contributed by atoms with Crippen LogP contribution in [0, 0.1) is 5.92 Å². The lowest BCUT2D eigenvalue weighted by molar-refractivity contribution is -0.137. The smallest absolute Gasteiger partial charge is 0.361 e. The molecular formula is C20H26N4O5S. The number of amides is 1. The monoisotopic (exact) mass is 434 g/mol. The first-order valence-corrected chi connectivity index (χ1v) is 11.7. The minimum atomic E-state index is -3.13. The highest BCUT2D eigenvalue weighted by Gasteiger charge is 2.35. The van der Waals surface area contributed by atoms with E-state index in [2.05, 4.69) is 10.3 Å². The molecule has 3 rings (SSSR count). The molecule has 0 saturated carbocycles. The standard InChI is InChI=1S/C20H26N4O5S/c1-15(2)10-24(17-8-9-30(27,28)14-17)19(25)13-29-20(26)18-12-23(22-21-18)11-16-6-4-3-5-7-16/h3-7,12,15,17H,8-11,13-14H2,1-2H3. The summed E-state index contributed by atoms with van der Waals surface area (Å²) in [6, 6.07) is 9.22. The molecule has 1 saturated heterocycles. The summed E-state index contributed by atoms with van der Waals surface area (Å²) >= 11 is 0. The van der Waals surface area contributed by atoms with Crippen molar-refractivity contribution in [3.05, 3.63) is 47.8 Å². The van der Waals surface area contributed by atoms with Crippen LogP contribution in [0.1, 0.15) is 36.3 Å². The molecule has 1 aromatic heterocycles. The number of carbonyl (C=O) groups is 2. The molecule has 10 heteroatoms. The van der Waals surface area contributed by atoms with E-state index in [-0.39, 0.29) is 29.2 Å². The molecule has 162 valence electrons. The summed E-state index contributed by atoms with van der Waals surface area (Å²) in [5.74, 6) is -0.968. The van der Waals surface area contributed by atoms with Crippen LogP contribution in [-0.2, 0) is 25.9 Å². The van der Waals surface area contributed by atoms with E-state index in [0.29, 0.717) is 19.5 Å². The van der Waals surface area contributed by atoms with Crippen LogP contribution in [-0.4, -0.2) is 70.9 Å². The molecule has 0 spiro atoms. The molecule has 1 fully saturated rings. The molecule has 1 aliphatic heterocycles. The van der Waals surface area contributed by atoms with Gasteiger partial charge < -0.3 is 9.64 Å². The predicted octanol–water partition coefficient (Wildman–Crippen LogP) is 1.15. The Bertz CT molecular complexity index is 988. The fourth-order valence-electron chi connectivity index (χ4n) is 3.39. The molecule has 1 aromatic carbocycles. The van der Waals surface area contributed by atoms with Gasteiger partial charge in [0.25, 0.3) is 5.91 Å². The van der Waals surface area contributed by atoms with Crippen molar-refractivity contribution >= 4 is 21.7 Å². The van der Waals surface area contributed by atoms with E-state index in [0.717, 1.165) is 5.56 Å². The number of rotatable bonds is 8. The maximum atomic E-state index is 12.7. The van der Waals surface area contributed by atoms with E-state index in [1.54, 1.807) is 0 Å². The summed E-state index contributed by atoms with van der Waals surface area (Å²) in [4.78, 5) is 26.5. The van der Waals surface area contributed by atoms with E-state index in [1.807, 2.05) is 44.2 Å². The molecule has 2 heterocycles. The maximum Gasteiger partial charge on any atom is 0.361 e. The first-order chi connectivity index (χ1) is 14.2. The van der Waals surface area contributed by atoms with Gasteiger partial charge in [-0.1, -0.05) is 49.4 Å². The number of hydrogen-bond acceptors (Lipinski definition) is 7. The molecule has 9 nitrogen and oxygen atoms in total. The molecule has 1 aliphatic rings. The Hall–Kier alpha value is -2.75. The van der Waals surface area contributed by atoms with Crippen molar-refractivity contribution in [2.45, 2.75) is 32.9 Å². The number of esters is 1. The predicted molar refractivity (Wildman–Crippen MR) is 109 cm³/mol. The van der Waals surface area contributed by atoms with Crippen LogP contribution < -0.4 is 0 Å². The van der Waals surface area contributed by atoms with Gasteiger partial charge in [0.05, 0.1) is 24.2 Å². The molecule has 0 aliphatic carbocycles. The Kier molecular flexibility index (Phi) is 6.86. The highest BCUT2D eigenvalue weighted by molar-refractivity contribution is 7.91. The third-order valence-corrected chi connectivity index (χ3v) is 6.54. The highest BCUT2D eigenvalue weighted by Crippen LogP contribution is 2.19. The Morgan fingerprint density at radius 3 is 2.63 bits per heavy atom. The van der Waals surface area contributed by atoms with Gasteiger partial charge >= 0.3 is 5.97 Å². The molecule has 0 bridgehead atoms. The Balaban J connectivity index is 1.58. The van der Waals surface area contributed by atoms with Gasteiger partial charge in [0.2, 0.25) is 0 Å². The van der Waals surface area contributed by atoms with Gasteiger partial charge in [0.1, 0.15) is 0 Å². The lowest BCUT2D eigenvalue weighted by Gasteiger charge is -2.29. The minimum Gasteiger partial charge on any atom is -0.451 e. The van der Waals surface area contributed by atoms with Gasteiger partial charge in [-0.15, -0.1) is 5.10 Å². The van der Waals surface area contributed by atoms with Crippen LogP contribution in [0.5, 0.6) is 0 Å². The fourth-order valence-corrected chi connectivity index (χ4v) is 5.12. The molecule has 0 N–H and O–H groups in total. The van der Waals surface area contributed by atoms with Crippen molar-refractivity contribution in [2.24, 2.45) is 5.92 Å². The van der Waals surface area contributed by atoms with E-state index in [9.17, 15) is 18.0 Å². The Labute approximate surface area is 175 Å². The van der Waals surface area contributed by atoms with Gasteiger partial charge in [-0.25, -0.2) is 17.9 Å². The maximum absolute atomic E-state index is 12.7. The first-order valence-electron chi connectivity index (χ1n) is 9.84. The van der Waals surface area contributed by atoms with Crippen LogP contribution in [0.2, 0.25) is 0 Å². The quantitative estimate of drug-likeness (QED) is 0.573. The number of hydrogen-bond donors (Lipinski definition) is 0. The Morgan fingerprint density at radius 2 is 2.00 bits per heavy atom. The normalized spacial score (nSPS) is 17.8. The Morgan fingerprint density at radius 1 is 1.27 bits per heavy atom. The lowest BCUT2D eigenvalue weighted by Crippen LogP contribution is -2.45. The average Bonchev–Trinajstić information content (AvgIpc) is 3.30. The number of sulfone groups is 1. The molecular weight excluding hydrogens is 408 g/mol. The summed E-state index contributed by atoms with van der Waals surface area (Å²) in [5.41, 5.74) is 1.02. The van der Waals surface area contributed by atoms with E-state index in [4.69, 9.17) is 4.74 Å². The van der Waals surface area contributed by atoms with Gasteiger partial charge in [-0.2, -0.15) is 0 Å². The van der Waals surface area contributed by atoms with Crippen LogP contribution in [0.15, 0.2) is 36.5 Å². The minimum absolute atomic E-state index is 0.0117. The van der Waals surface area contributed by atoms with Crippen LogP contribution in [0.25, 0.3) is 0 Å². The van der Waals surface area contributed by atoms with E-state index in [1.165, 1.54) is 15.8 Å². The average molecular weight is 435 g/mol. The third-order valence-electron chi connectivity index (χ3n) is 4.79. The first kappa shape index (κ1) is 21.9. The van der Waals surface area contributed by atoms with Gasteiger partial charge in [0, 0.05) is 12.6 Å². The van der Waals surface area contributed by atoms with Crippen molar-refractivity contribution in [1.82, 2.24) is 19.9 Å². The number of nitrogens with zero attached hydrogens (tertiary/aromatic N) is 4. The van der Waals surface area contributed by atoms with Crippen LogP contribution >= 0.6 is 0 Å². The second-order valence-corrected chi connectivity index (χ2v) is 10.1. The number of benzene rings is 1. The number of aromatic nitrogens is 3. The molecule has 30 heavy (non-hydrogen) atoms. The molecule has 1 atom stereocenters. The van der Waals surface area contributed by atoms with Crippen molar-refractivity contribution in [2.75, 3.05) is 24.7 Å². The third kappa shape index (κ3) is 5.88. The van der Waals surface area contributed by atoms with Crippen molar-refractivity contribution < 1.29 is 22.7 Å². The molecule has 1 amide bonds. The summed E-state index contributed by atoms with van der Waals surface area (Å²) in [7, 11) is -3.13. The largest absolute Gasteiger partial charge is 0.451 e. The second kappa shape index (κ2) is 9.38. The number of carbonyl (C=O) groups excluding carboxylic acids is 2. The zero-order valence-corrected chi connectivity index (χ0v) is 17.9. The van der Waals surface area contributed by atoms with Gasteiger partial charge in [-0.05, 0) is 17.9 Å². The summed E-state index contributed by atoms with van der Waals surface area (Å²) in [5, 5.41) is 7.73. The molecule has 0 radical (unpaired) electrons. The molecule has 1 unspecified atom stereocenters. The zero-order chi connectivity index (χ0) is 21.7. The van der Waals surface area contributed by atoms with Gasteiger partial charge in [0.15, 0.2) is 22.1 Å². The van der Waals surface area contributed by atoms with Crippen molar-refractivity contribution in [1.29, 1.82) is 0 Å². The summed E-state index contributed by atoms with van der Waals surface area (Å²) in [6.45, 7) is 4.29. The zero-order valence-electron chi connectivity index (χ0n) is 17.1. The lowest BCUT2D eigenvalue weighted by atomic mass is 10.1. The molecule has 2 aromatic rings. The topological polar surface area (TPSA) is 111 Å². The second-order valence-electron chi connectivity index (χ2n) is 7.86. The van der Waals surface area contributed by atoms with E-state index < -0.39 is 28.3 Å². The fraction of sp³-hybridized carbons (Fsp3) is 0.500. The number of ether oxygens (including phenoxy) is 1. The highest BCUT2D eigenvalue weighted by atomic mass is 32.2. The van der Waals surface area contributed by atoms with Crippen molar-refractivity contribution in [3.8, 4) is 0 Å². The SMILES string of the molecule is CC(C)CN(C(=O)COC(=O)c1cn(Cc2ccccc2)nn1)C1CCS(=O)(=O)C1. The summed E-state index contributed by atoms with van der Waals surface area (Å²) < 4.78 is 30.2.